The van der Waals surface area contributed by atoms with Crippen molar-refractivity contribution < 1.29 is 0 Å². The average Bonchev–Trinajstić information content (AvgIpc) is 3.65. The van der Waals surface area contributed by atoms with Crippen LogP contribution in [0.1, 0.15) is 0 Å². The quantitative estimate of drug-likeness (QED) is 0.134. The highest BCUT2D eigenvalue weighted by molar-refractivity contribution is 7.44. The Balaban J connectivity index is 1.26. The highest BCUT2D eigenvalue weighted by Crippen LogP contribution is 2.49. The van der Waals surface area contributed by atoms with Crippen molar-refractivity contribution in [2.24, 2.45) is 0 Å². The van der Waals surface area contributed by atoms with Gasteiger partial charge in [0, 0.05) is 25.6 Å². The third kappa shape index (κ3) is 3.27. The molecule has 0 unspecified atom stereocenters. The van der Waals surface area contributed by atoms with Crippen LogP contribution in [0.4, 0.5) is 0 Å². The summed E-state index contributed by atoms with van der Waals surface area (Å²) in [5.74, 6) is 0. The second-order valence-electron chi connectivity index (χ2n) is 12.4. The Morgan fingerprint density at radius 2 is 0.891 bits per heavy atom. The fraction of sp³-hybridized carbons (Fsp3) is 0. The van der Waals surface area contributed by atoms with Crippen LogP contribution in [-0.2, 0) is 0 Å². The fourth-order valence-corrected chi connectivity index (χ4v) is 10.7. The monoisotopic (exact) mass is 616 g/mol. The molecule has 2 heterocycles. The summed E-state index contributed by atoms with van der Waals surface area (Å²) in [4.78, 5) is 0. The van der Waals surface area contributed by atoms with Gasteiger partial charge < -0.3 is 0 Å². The maximum Gasteiger partial charge on any atom is 0.0890 e. The maximum atomic E-state index is 2.46. The number of thiophene rings is 2. The van der Waals surface area contributed by atoms with E-state index in [1.165, 1.54) is 106 Å². The van der Waals surface area contributed by atoms with E-state index in [4.69, 9.17) is 0 Å². The molecule has 9 aromatic carbocycles. The first kappa shape index (κ1) is 25.0. The first-order valence-corrected chi connectivity index (χ1v) is 17.4. The van der Waals surface area contributed by atoms with Crippen molar-refractivity contribution in [3.63, 3.8) is 0 Å². The average molecular weight is 617 g/mol. The molecule has 0 spiro atoms. The van der Waals surface area contributed by atoms with Gasteiger partial charge in [0.1, 0.15) is 0 Å². The topological polar surface area (TPSA) is 0 Å². The van der Waals surface area contributed by atoms with Crippen LogP contribution in [0.5, 0.6) is 0 Å². The molecule has 2 aromatic heterocycles. The molecule has 0 saturated heterocycles. The Morgan fingerprint density at radius 1 is 0.326 bits per heavy atom. The summed E-state index contributed by atoms with van der Waals surface area (Å²) in [6.45, 7) is 0. The summed E-state index contributed by atoms with van der Waals surface area (Å²) < 4.78 is 4.13. The van der Waals surface area contributed by atoms with E-state index >= 15 is 0 Å². The van der Waals surface area contributed by atoms with Crippen LogP contribution in [-0.4, -0.2) is 0 Å². The van der Waals surface area contributed by atoms with Crippen LogP contribution >= 0.6 is 22.7 Å². The van der Waals surface area contributed by atoms with E-state index in [0.717, 1.165) is 0 Å². The zero-order valence-corrected chi connectivity index (χ0v) is 26.3. The molecule has 0 aliphatic heterocycles. The predicted molar refractivity (Wildman–Crippen MR) is 204 cm³/mol. The summed E-state index contributed by atoms with van der Waals surface area (Å²) in [6.07, 6.45) is 0. The van der Waals surface area contributed by atoms with E-state index < -0.39 is 0 Å². The van der Waals surface area contributed by atoms with Crippen LogP contribution in [0, 0.1) is 0 Å². The Kier molecular flexibility index (Phi) is 4.96. The Bertz CT molecular complexity index is 2950. The van der Waals surface area contributed by atoms with Crippen molar-refractivity contribution in [1.82, 2.24) is 0 Å². The minimum Gasteiger partial charge on any atom is -0.124 e. The molecule has 0 bridgehead atoms. The Morgan fingerprint density at radius 3 is 1.61 bits per heavy atom. The number of hydrogen-bond acceptors (Lipinski definition) is 2. The highest BCUT2D eigenvalue weighted by Gasteiger charge is 2.20. The third-order valence-corrected chi connectivity index (χ3v) is 12.5. The lowest BCUT2D eigenvalue weighted by Gasteiger charge is -2.20. The van der Waals surface area contributed by atoms with E-state index in [2.05, 4.69) is 146 Å². The lowest BCUT2D eigenvalue weighted by Crippen LogP contribution is -1.92. The van der Waals surface area contributed by atoms with E-state index in [1.807, 2.05) is 22.7 Å². The number of benzene rings is 9. The molecule has 2 heteroatoms. The van der Waals surface area contributed by atoms with Gasteiger partial charge in [-0.3, -0.25) is 0 Å². The molecule has 11 aromatic rings. The molecule has 46 heavy (non-hydrogen) atoms. The summed E-state index contributed by atoms with van der Waals surface area (Å²) >= 11 is 3.84. The fourth-order valence-electron chi connectivity index (χ4n) is 8.10. The van der Waals surface area contributed by atoms with Gasteiger partial charge in [-0.15, -0.1) is 22.7 Å². The molecule has 0 aliphatic carbocycles. The molecule has 0 amide bonds. The molecule has 0 fully saturated rings. The highest BCUT2D eigenvalue weighted by atomic mass is 32.2. The van der Waals surface area contributed by atoms with Crippen molar-refractivity contribution in [3.05, 3.63) is 146 Å². The van der Waals surface area contributed by atoms with E-state index in [0.29, 0.717) is 0 Å². The molecule has 11 rings (SSSR count). The summed E-state index contributed by atoms with van der Waals surface area (Å²) in [7, 11) is 0. The van der Waals surface area contributed by atoms with Crippen molar-refractivity contribution in [1.29, 1.82) is 0 Å². The smallest absolute Gasteiger partial charge is 0.0890 e. The van der Waals surface area contributed by atoms with Gasteiger partial charge in [0.15, 0.2) is 0 Å². The minimum absolute atomic E-state index is 1.27. The van der Waals surface area contributed by atoms with Gasteiger partial charge in [-0.1, -0.05) is 127 Å². The van der Waals surface area contributed by atoms with E-state index in [9.17, 15) is 0 Å². The van der Waals surface area contributed by atoms with Gasteiger partial charge >= 0.3 is 0 Å². The summed E-state index contributed by atoms with van der Waals surface area (Å²) in [6, 6.07) is 54.6. The van der Waals surface area contributed by atoms with Gasteiger partial charge in [-0.05, 0) is 94.3 Å². The molecule has 0 aliphatic rings. The first-order valence-electron chi connectivity index (χ1n) is 15.8. The molecule has 0 radical (unpaired) electrons. The molecule has 0 N–H and O–H groups in total. The summed E-state index contributed by atoms with van der Waals surface area (Å²) in [5, 5.41) is 17.2. The molecular weight excluding hydrogens is 593 g/mol. The van der Waals surface area contributed by atoms with Crippen LogP contribution < -0.4 is 0 Å². The summed E-state index contributed by atoms with van der Waals surface area (Å²) in [5.41, 5.74) is 5.20. The number of rotatable bonds is 2. The molecule has 0 nitrogen and oxygen atoms in total. The lowest BCUT2D eigenvalue weighted by molar-refractivity contribution is 1.70. The number of hydrogen-bond donors (Lipinski definition) is 0. The maximum absolute atomic E-state index is 2.46. The zero-order chi connectivity index (χ0) is 29.9. The van der Waals surface area contributed by atoms with Crippen LogP contribution in [0.25, 0.3) is 106 Å². The second kappa shape index (κ2) is 9.14. The van der Waals surface area contributed by atoms with Crippen LogP contribution in [0.15, 0.2) is 146 Å². The van der Waals surface area contributed by atoms with Gasteiger partial charge in [0.25, 0.3) is 0 Å². The predicted octanol–water partition coefficient (Wildman–Crippen LogP) is 13.8. The second-order valence-corrected chi connectivity index (χ2v) is 14.7. The standard InChI is InChI=1S/C44H24S2/c1-3-12-31-29(10-1)40(28-20-23-38-36(24-28)43-35-14-5-6-15-37(35)45-44(43)46-38)30-11-2-4-13-32(30)42(31)34-22-19-27-17-16-25-8-7-9-26-18-21-33(34)41(27)39(25)26/h1-24H. The minimum atomic E-state index is 1.27. The van der Waals surface area contributed by atoms with Crippen molar-refractivity contribution in [3.8, 4) is 22.3 Å². The van der Waals surface area contributed by atoms with Crippen molar-refractivity contribution in [2.45, 2.75) is 0 Å². The van der Waals surface area contributed by atoms with Gasteiger partial charge in [0.2, 0.25) is 0 Å². The van der Waals surface area contributed by atoms with Crippen LogP contribution in [0.3, 0.4) is 0 Å². The normalized spacial score (nSPS) is 12.3. The van der Waals surface area contributed by atoms with Gasteiger partial charge in [-0.2, -0.15) is 0 Å². The molecular formula is C44H24S2. The van der Waals surface area contributed by atoms with Crippen molar-refractivity contribution in [2.75, 3.05) is 0 Å². The van der Waals surface area contributed by atoms with E-state index in [1.54, 1.807) is 0 Å². The Labute approximate surface area is 272 Å². The molecule has 212 valence electrons. The number of fused-ring (bicyclic) bond motifs is 7. The Hall–Kier alpha value is -5.28. The zero-order valence-electron chi connectivity index (χ0n) is 24.7. The SMILES string of the molecule is c1cc2ccc3ccc(-c4c5ccccc5c(-c5ccc6sc7sc8ccccc8c7c6c5)c5ccccc45)c4ccc(c1)c2c34. The first-order chi connectivity index (χ1) is 22.8. The molecule has 0 saturated carbocycles. The molecule has 0 atom stereocenters. The lowest BCUT2D eigenvalue weighted by atomic mass is 9.83. The largest absolute Gasteiger partial charge is 0.124 e. The van der Waals surface area contributed by atoms with Gasteiger partial charge in [0.05, 0.1) is 4.01 Å². The third-order valence-electron chi connectivity index (χ3n) is 10.0. The van der Waals surface area contributed by atoms with Crippen LogP contribution in [0.2, 0.25) is 0 Å². The van der Waals surface area contributed by atoms with E-state index in [-0.39, 0.29) is 0 Å². The van der Waals surface area contributed by atoms with Crippen molar-refractivity contribution >= 4 is 106 Å². The van der Waals surface area contributed by atoms with Gasteiger partial charge in [-0.25, -0.2) is 0 Å².